The molecule has 1 amide bonds. The summed E-state index contributed by atoms with van der Waals surface area (Å²) in [6, 6.07) is 5.25. The van der Waals surface area contributed by atoms with Gasteiger partial charge in [-0.15, -0.1) is 10.2 Å². The van der Waals surface area contributed by atoms with E-state index in [0.717, 1.165) is 0 Å². The maximum Gasteiger partial charge on any atom is 0.273 e. The van der Waals surface area contributed by atoms with E-state index in [1.807, 2.05) is 20.8 Å². The lowest BCUT2D eigenvalue weighted by atomic mass is 10.2. The normalized spacial score (nSPS) is 10.7. The third-order valence-corrected chi connectivity index (χ3v) is 3.80. The number of aromatic amines is 1. The molecule has 1 aromatic carbocycles. The van der Waals surface area contributed by atoms with Gasteiger partial charge in [-0.1, -0.05) is 13.8 Å². The van der Waals surface area contributed by atoms with Crippen LogP contribution in [0.2, 0.25) is 0 Å². The van der Waals surface area contributed by atoms with Crippen molar-refractivity contribution in [1.82, 2.24) is 20.5 Å². The molecule has 2 N–H and O–H groups in total. The Hall–Kier alpha value is -2.90. The lowest BCUT2D eigenvalue weighted by molar-refractivity contribution is -0.121. The van der Waals surface area contributed by atoms with Gasteiger partial charge < -0.3 is 19.8 Å². The third-order valence-electron chi connectivity index (χ3n) is 3.80. The summed E-state index contributed by atoms with van der Waals surface area (Å²) >= 11 is 0. The molecule has 27 heavy (non-hydrogen) atoms. The Kier molecular flexibility index (Phi) is 7.34. The molecule has 146 valence electrons. The average molecular weight is 374 g/mol. The second-order valence-corrected chi connectivity index (χ2v) is 6.45. The molecule has 0 fully saturated rings. The van der Waals surface area contributed by atoms with Crippen LogP contribution >= 0.6 is 0 Å². The van der Waals surface area contributed by atoms with Crippen LogP contribution in [-0.2, 0) is 11.2 Å². The maximum atomic E-state index is 12.3. The summed E-state index contributed by atoms with van der Waals surface area (Å²) in [7, 11) is 1.55. The van der Waals surface area contributed by atoms with E-state index in [4.69, 9.17) is 9.47 Å². The van der Waals surface area contributed by atoms with Crippen molar-refractivity contribution in [2.75, 3.05) is 20.3 Å². The summed E-state index contributed by atoms with van der Waals surface area (Å²) in [5.41, 5.74) is 0.530. The van der Waals surface area contributed by atoms with Crippen molar-refractivity contribution in [3.63, 3.8) is 0 Å². The van der Waals surface area contributed by atoms with Gasteiger partial charge in [0.2, 0.25) is 5.91 Å². The van der Waals surface area contributed by atoms with Gasteiger partial charge in [-0.25, -0.2) is 0 Å². The number of hydrogen-bond acceptors (Lipinski definition) is 6. The van der Waals surface area contributed by atoms with E-state index >= 15 is 0 Å². The van der Waals surface area contributed by atoms with Crippen molar-refractivity contribution < 1.29 is 14.3 Å². The standard InChI is InChI=1S/C19H26N4O4/c1-5-27-15-8-6-13(10-16(15)26-4)18-21-19(25)14(22-23-18)7-9-17(24)20-11-12(2)3/h6,8,10,12H,5,7,9,11H2,1-4H3,(H,20,24)(H,21,23,25). The Morgan fingerprint density at radius 1 is 1.26 bits per heavy atom. The molecule has 0 aliphatic heterocycles. The van der Waals surface area contributed by atoms with E-state index in [9.17, 15) is 9.59 Å². The molecule has 0 aliphatic rings. The zero-order valence-corrected chi connectivity index (χ0v) is 16.2. The Bertz CT molecular complexity index is 833. The first-order valence-corrected chi connectivity index (χ1v) is 8.98. The van der Waals surface area contributed by atoms with Crippen LogP contribution in [-0.4, -0.2) is 41.3 Å². The highest BCUT2D eigenvalue weighted by molar-refractivity contribution is 5.76. The maximum absolute atomic E-state index is 12.3. The van der Waals surface area contributed by atoms with Gasteiger partial charge in [-0.05, 0) is 31.0 Å². The number of methoxy groups -OCH3 is 1. The van der Waals surface area contributed by atoms with Crippen molar-refractivity contribution in [1.29, 1.82) is 0 Å². The molecule has 1 heterocycles. The van der Waals surface area contributed by atoms with Crippen LogP contribution in [0, 0.1) is 5.92 Å². The van der Waals surface area contributed by atoms with Gasteiger partial charge in [-0.3, -0.25) is 9.59 Å². The van der Waals surface area contributed by atoms with Gasteiger partial charge in [0.15, 0.2) is 17.3 Å². The molecular weight excluding hydrogens is 348 g/mol. The molecule has 0 unspecified atom stereocenters. The number of ether oxygens (including phenoxy) is 2. The Balaban J connectivity index is 2.10. The Morgan fingerprint density at radius 3 is 2.67 bits per heavy atom. The first kappa shape index (κ1) is 20.4. The van der Waals surface area contributed by atoms with Crippen LogP contribution in [0.1, 0.15) is 32.9 Å². The number of hydrogen-bond donors (Lipinski definition) is 2. The largest absolute Gasteiger partial charge is 0.493 e. The van der Waals surface area contributed by atoms with Gasteiger partial charge >= 0.3 is 0 Å². The van der Waals surface area contributed by atoms with E-state index in [1.54, 1.807) is 25.3 Å². The quantitative estimate of drug-likeness (QED) is 0.695. The number of benzene rings is 1. The fourth-order valence-electron chi connectivity index (χ4n) is 2.38. The fourth-order valence-corrected chi connectivity index (χ4v) is 2.38. The van der Waals surface area contributed by atoms with E-state index in [2.05, 4.69) is 20.5 Å². The van der Waals surface area contributed by atoms with Crippen LogP contribution in [0.15, 0.2) is 23.0 Å². The number of carbonyl (C=O) groups excluding carboxylic acids is 1. The summed E-state index contributed by atoms with van der Waals surface area (Å²) in [5, 5.41) is 10.9. The Morgan fingerprint density at radius 2 is 2.04 bits per heavy atom. The van der Waals surface area contributed by atoms with Crippen molar-refractivity contribution in [2.45, 2.75) is 33.6 Å². The molecule has 0 radical (unpaired) electrons. The predicted molar refractivity (Wildman–Crippen MR) is 102 cm³/mol. The minimum atomic E-state index is -0.357. The van der Waals surface area contributed by atoms with E-state index in [1.165, 1.54) is 0 Å². The highest BCUT2D eigenvalue weighted by Crippen LogP contribution is 2.30. The lowest BCUT2D eigenvalue weighted by Crippen LogP contribution is -2.28. The lowest BCUT2D eigenvalue weighted by Gasteiger charge is -2.10. The number of H-pyrrole nitrogens is 1. The molecule has 2 rings (SSSR count). The van der Waals surface area contributed by atoms with Gasteiger partial charge in [0, 0.05) is 24.9 Å². The highest BCUT2D eigenvalue weighted by Gasteiger charge is 2.12. The number of aryl methyl sites for hydroxylation is 1. The summed E-state index contributed by atoms with van der Waals surface area (Å²) in [4.78, 5) is 26.8. The third kappa shape index (κ3) is 5.80. The first-order valence-electron chi connectivity index (χ1n) is 8.98. The second kappa shape index (κ2) is 9.70. The van der Waals surface area contributed by atoms with Crippen molar-refractivity contribution in [3.05, 3.63) is 34.2 Å². The van der Waals surface area contributed by atoms with Crippen molar-refractivity contribution in [3.8, 4) is 22.9 Å². The zero-order chi connectivity index (χ0) is 19.8. The molecule has 0 aliphatic carbocycles. The molecule has 0 saturated heterocycles. The molecule has 0 saturated carbocycles. The Labute approximate surface area is 158 Å². The van der Waals surface area contributed by atoms with Gasteiger partial charge in [0.05, 0.1) is 13.7 Å². The smallest absolute Gasteiger partial charge is 0.273 e. The number of carbonyl (C=O) groups is 1. The van der Waals surface area contributed by atoms with Gasteiger partial charge in [-0.2, -0.15) is 0 Å². The number of amides is 1. The molecule has 0 atom stereocenters. The molecule has 8 heteroatoms. The molecule has 0 bridgehead atoms. The predicted octanol–water partition coefficient (Wildman–Crippen LogP) is 1.94. The molecule has 0 spiro atoms. The minimum Gasteiger partial charge on any atom is -0.493 e. The molecule has 1 aromatic heterocycles. The minimum absolute atomic E-state index is 0.106. The van der Waals surface area contributed by atoms with Crippen LogP contribution in [0.4, 0.5) is 0 Å². The van der Waals surface area contributed by atoms with Crippen molar-refractivity contribution >= 4 is 5.91 Å². The number of nitrogens with one attached hydrogen (secondary N) is 2. The summed E-state index contributed by atoms with van der Waals surface area (Å²) in [6.45, 7) is 7.06. The highest BCUT2D eigenvalue weighted by atomic mass is 16.5. The van der Waals surface area contributed by atoms with E-state index < -0.39 is 0 Å². The summed E-state index contributed by atoms with van der Waals surface area (Å²) in [6.07, 6.45) is 0.430. The monoisotopic (exact) mass is 374 g/mol. The van der Waals surface area contributed by atoms with Crippen LogP contribution in [0.25, 0.3) is 11.4 Å². The van der Waals surface area contributed by atoms with Crippen LogP contribution in [0.5, 0.6) is 11.5 Å². The van der Waals surface area contributed by atoms with Crippen LogP contribution < -0.4 is 20.3 Å². The van der Waals surface area contributed by atoms with Gasteiger partial charge in [0.1, 0.15) is 5.69 Å². The van der Waals surface area contributed by atoms with E-state index in [-0.39, 0.29) is 30.0 Å². The van der Waals surface area contributed by atoms with Gasteiger partial charge in [0.25, 0.3) is 5.56 Å². The molecule has 8 nitrogen and oxygen atoms in total. The fraction of sp³-hybridized carbons (Fsp3) is 0.474. The number of rotatable bonds is 9. The topological polar surface area (TPSA) is 106 Å². The molecule has 2 aromatic rings. The van der Waals surface area contributed by atoms with Crippen LogP contribution in [0.3, 0.4) is 0 Å². The SMILES string of the molecule is CCOc1ccc(-c2nnc(CCC(=O)NCC(C)C)c(=O)[nH]2)cc1OC. The van der Waals surface area contributed by atoms with Crippen molar-refractivity contribution in [2.24, 2.45) is 5.92 Å². The average Bonchev–Trinajstić information content (AvgIpc) is 2.65. The number of nitrogens with zero attached hydrogens (tertiary/aromatic N) is 2. The molecular formula is C19H26N4O4. The second-order valence-electron chi connectivity index (χ2n) is 6.45. The summed E-state index contributed by atoms with van der Waals surface area (Å²) < 4.78 is 10.8. The van der Waals surface area contributed by atoms with E-state index in [0.29, 0.717) is 42.0 Å². The summed E-state index contributed by atoms with van der Waals surface area (Å²) in [5.74, 6) is 1.76. The number of aromatic nitrogens is 3. The first-order chi connectivity index (χ1) is 12.9. The zero-order valence-electron chi connectivity index (χ0n) is 16.2.